The molecule has 2 aromatic rings. The van der Waals surface area contributed by atoms with Crippen molar-refractivity contribution in [1.29, 1.82) is 0 Å². The lowest BCUT2D eigenvalue weighted by atomic mass is 10.2. The minimum Gasteiger partial charge on any atom is -0.493 e. The number of hydrogen-bond acceptors (Lipinski definition) is 5. The maximum Gasteiger partial charge on any atom is 0.328 e. The Morgan fingerprint density at radius 2 is 1.95 bits per heavy atom. The summed E-state index contributed by atoms with van der Waals surface area (Å²) in [6.45, 7) is 3.85. The molecule has 1 N–H and O–H groups in total. The number of nitrogens with zero attached hydrogens (tertiary/aromatic N) is 1. The predicted molar refractivity (Wildman–Crippen MR) is 81.6 cm³/mol. The fraction of sp³-hybridized carbons (Fsp3) is 0.429. The number of fused-ring (bicyclic) bond motifs is 1. The molecule has 0 fully saturated rings. The van der Waals surface area contributed by atoms with Crippen molar-refractivity contribution < 1.29 is 19.0 Å². The van der Waals surface area contributed by atoms with Crippen LogP contribution in [0.15, 0.2) is 12.1 Å². The van der Waals surface area contributed by atoms with Gasteiger partial charge in [0.1, 0.15) is 6.04 Å². The molecule has 0 aliphatic heterocycles. The van der Waals surface area contributed by atoms with E-state index in [0.29, 0.717) is 22.9 Å². The number of ether oxygens (including phenoxy) is 3. The van der Waals surface area contributed by atoms with E-state index in [9.17, 15) is 4.79 Å². The summed E-state index contributed by atoms with van der Waals surface area (Å²) in [6.07, 6.45) is 0. The molecule has 0 radical (unpaired) electrons. The van der Waals surface area contributed by atoms with E-state index in [1.54, 1.807) is 44.8 Å². The molecule has 7 heteroatoms. The van der Waals surface area contributed by atoms with Crippen molar-refractivity contribution in [3.63, 3.8) is 0 Å². The van der Waals surface area contributed by atoms with Crippen LogP contribution >= 0.6 is 12.2 Å². The summed E-state index contributed by atoms with van der Waals surface area (Å²) in [4.78, 5) is 15.0. The average molecular weight is 310 g/mol. The lowest BCUT2D eigenvalue weighted by molar-refractivity contribution is -0.146. The Hall–Kier alpha value is -2.02. The number of imidazole rings is 1. The summed E-state index contributed by atoms with van der Waals surface area (Å²) < 4.78 is 17.8. The summed E-state index contributed by atoms with van der Waals surface area (Å²) >= 11 is 5.31. The largest absolute Gasteiger partial charge is 0.493 e. The second-order valence-electron chi connectivity index (χ2n) is 4.45. The van der Waals surface area contributed by atoms with Gasteiger partial charge in [-0.25, -0.2) is 4.79 Å². The maximum absolute atomic E-state index is 12.0. The highest BCUT2D eigenvalue weighted by molar-refractivity contribution is 7.71. The van der Waals surface area contributed by atoms with E-state index >= 15 is 0 Å². The summed E-state index contributed by atoms with van der Waals surface area (Å²) in [6, 6.07) is 3.05. The van der Waals surface area contributed by atoms with Crippen molar-refractivity contribution in [1.82, 2.24) is 9.55 Å². The molecule has 0 aliphatic rings. The van der Waals surface area contributed by atoms with Crippen molar-refractivity contribution in [2.24, 2.45) is 0 Å². The molecular weight excluding hydrogens is 292 g/mol. The number of carbonyl (C=O) groups is 1. The first-order chi connectivity index (χ1) is 10.0. The summed E-state index contributed by atoms with van der Waals surface area (Å²) in [5.74, 6) is 0.838. The quantitative estimate of drug-likeness (QED) is 0.679. The van der Waals surface area contributed by atoms with Gasteiger partial charge in [0.25, 0.3) is 0 Å². The van der Waals surface area contributed by atoms with Gasteiger partial charge in [0.15, 0.2) is 16.3 Å². The van der Waals surface area contributed by atoms with Crippen LogP contribution in [-0.2, 0) is 9.53 Å². The summed E-state index contributed by atoms with van der Waals surface area (Å²) in [5, 5.41) is 0. The van der Waals surface area contributed by atoms with Gasteiger partial charge in [-0.15, -0.1) is 0 Å². The first-order valence-corrected chi connectivity index (χ1v) is 6.97. The highest BCUT2D eigenvalue weighted by Gasteiger charge is 2.21. The van der Waals surface area contributed by atoms with Crippen LogP contribution in [0.3, 0.4) is 0 Å². The number of H-pyrrole nitrogens is 1. The van der Waals surface area contributed by atoms with E-state index in [1.807, 2.05) is 0 Å². The van der Waals surface area contributed by atoms with Gasteiger partial charge in [-0.2, -0.15) is 0 Å². The summed E-state index contributed by atoms with van der Waals surface area (Å²) in [7, 11) is 3.13. The molecule has 1 aromatic carbocycles. The van der Waals surface area contributed by atoms with Crippen molar-refractivity contribution in [2.75, 3.05) is 20.8 Å². The Balaban J connectivity index is 2.61. The van der Waals surface area contributed by atoms with Gasteiger partial charge in [0, 0.05) is 12.1 Å². The van der Waals surface area contributed by atoms with Crippen molar-refractivity contribution in [3.8, 4) is 11.5 Å². The van der Waals surface area contributed by atoms with Gasteiger partial charge in [0.2, 0.25) is 0 Å². The topological polar surface area (TPSA) is 65.5 Å². The van der Waals surface area contributed by atoms with Crippen molar-refractivity contribution >= 4 is 29.2 Å². The number of esters is 1. The van der Waals surface area contributed by atoms with E-state index in [-0.39, 0.29) is 5.97 Å². The van der Waals surface area contributed by atoms with Gasteiger partial charge in [-0.3, -0.25) is 0 Å². The van der Waals surface area contributed by atoms with Crippen LogP contribution in [0.2, 0.25) is 0 Å². The normalized spacial score (nSPS) is 12.2. The molecule has 0 aliphatic carbocycles. The number of aromatic amines is 1. The zero-order chi connectivity index (χ0) is 15.6. The molecule has 1 heterocycles. The Morgan fingerprint density at radius 3 is 2.52 bits per heavy atom. The highest BCUT2D eigenvalue weighted by Crippen LogP contribution is 2.33. The maximum atomic E-state index is 12.0. The number of hydrogen-bond donors (Lipinski definition) is 1. The number of nitrogens with one attached hydrogen (secondary N) is 1. The number of rotatable bonds is 5. The Labute approximate surface area is 127 Å². The molecule has 1 unspecified atom stereocenters. The van der Waals surface area contributed by atoms with Gasteiger partial charge in [0.05, 0.1) is 31.9 Å². The van der Waals surface area contributed by atoms with Crippen LogP contribution in [0.5, 0.6) is 11.5 Å². The zero-order valence-electron chi connectivity index (χ0n) is 12.4. The van der Waals surface area contributed by atoms with E-state index in [4.69, 9.17) is 26.4 Å². The average Bonchev–Trinajstić information content (AvgIpc) is 2.79. The monoisotopic (exact) mass is 310 g/mol. The van der Waals surface area contributed by atoms with Crippen LogP contribution in [0.4, 0.5) is 0 Å². The van der Waals surface area contributed by atoms with Crippen LogP contribution < -0.4 is 9.47 Å². The Kier molecular flexibility index (Phi) is 4.52. The second-order valence-corrected chi connectivity index (χ2v) is 4.84. The van der Waals surface area contributed by atoms with E-state index in [1.165, 1.54) is 0 Å². The number of methoxy groups -OCH3 is 2. The third-order valence-corrected chi connectivity index (χ3v) is 3.54. The first-order valence-electron chi connectivity index (χ1n) is 6.56. The Morgan fingerprint density at radius 1 is 1.33 bits per heavy atom. The minimum atomic E-state index is -0.524. The standard InChI is InChI=1S/C14H18N2O4S/c1-5-20-13(17)8(2)16-10-7-12(19-4)11(18-3)6-9(10)15-14(16)21/h6-8H,5H2,1-4H3,(H,15,21). The van der Waals surface area contributed by atoms with E-state index in [0.717, 1.165) is 11.0 Å². The molecule has 0 amide bonds. The second kappa shape index (κ2) is 6.17. The zero-order valence-corrected chi connectivity index (χ0v) is 13.2. The number of benzene rings is 1. The van der Waals surface area contributed by atoms with Crippen LogP contribution in [0.25, 0.3) is 11.0 Å². The molecule has 0 bridgehead atoms. The smallest absolute Gasteiger partial charge is 0.328 e. The third kappa shape index (κ3) is 2.73. The number of aromatic nitrogens is 2. The van der Waals surface area contributed by atoms with E-state index < -0.39 is 6.04 Å². The Bertz CT molecular complexity index is 720. The third-order valence-electron chi connectivity index (χ3n) is 3.24. The fourth-order valence-electron chi connectivity index (χ4n) is 2.21. The minimum absolute atomic E-state index is 0.329. The summed E-state index contributed by atoms with van der Waals surface area (Å²) in [5.41, 5.74) is 1.53. The highest BCUT2D eigenvalue weighted by atomic mass is 32.1. The van der Waals surface area contributed by atoms with Crippen molar-refractivity contribution in [2.45, 2.75) is 19.9 Å². The molecule has 21 heavy (non-hydrogen) atoms. The SMILES string of the molecule is CCOC(=O)C(C)n1c(=S)[nH]c2cc(OC)c(OC)cc21. The first kappa shape index (κ1) is 15.4. The molecule has 2 rings (SSSR count). The molecule has 1 aromatic heterocycles. The lowest BCUT2D eigenvalue weighted by Gasteiger charge is -2.14. The molecule has 114 valence electrons. The van der Waals surface area contributed by atoms with Gasteiger partial charge in [-0.05, 0) is 26.1 Å². The molecule has 6 nitrogen and oxygen atoms in total. The van der Waals surface area contributed by atoms with Crippen LogP contribution in [0, 0.1) is 4.77 Å². The molecule has 0 saturated carbocycles. The van der Waals surface area contributed by atoms with E-state index in [2.05, 4.69) is 4.98 Å². The fourth-order valence-corrected chi connectivity index (χ4v) is 2.57. The van der Waals surface area contributed by atoms with Gasteiger partial charge >= 0.3 is 5.97 Å². The lowest BCUT2D eigenvalue weighted by Crippen LogP contribution is -2.19. The van der Waals surface area contributed by atoms with Gasteiger partial charge in [-0.1, -0.05) is 0 Å². The predicted octanol–water partition coefficient (Wildman–Crippen LogP) is 2.84. The molecule has 1 atom stereocenters. The molecular formula is C14H18N2O4S. The van der Waals surface area contributed by atoms with Crippen LogP contribution in [-0.4, -0.2) is 36.3 Å². The van der Waals surface area contributed by atoms with Crippen molar-refractivity contribution in [3.05, 3.63) is 16.9 Å². The van der Waals surface area contributed by atoms with Gasteiger partial charge < -0.3 is 23.8 Å². The van der Waals surface area contributed by atoms with Crippen LogP contribution in [0.1, 0.15) is 19.9 Å². The molecule has 0 spiro atoms. The molecule has 0 saturated heterocycles. The number of carbonyl (C=O) groups excluding carboxylic acids is 1.